The summed E-state index contributed by atoms with van der Waals surface area (Å²) in [7, 11) is 0. The molecule has 132 valence electrons. The number of benzene rings is 2. The van der Waals surface area contributed by atoms with E-state index in [4.69, 9.17) is 0 Å². The van der Waals surface area contributed by atoms with Gasteiger partial charge in [0.05, 0.1) is 0 Å². The monoisotopic (exact) mass is 336 g/mol. The highest BCUT2D eigenvalue weighted by Crippen LogP contribution is 2.41. The molecule has 2 aromatic carbocycles. The van der Waals surface area contributed by atoms with Gasteiger partial charge in [-0.25, -0.2) is 0 Å². The second kappa shape index (κ2) is 8.24. The predicted octanol–water partition coefficient (Wildman–Crippen LogP) is 6.26. The summed E-state index contributed by atoms with van der Waals surface area (Å²) >= 11 is 0. The Balaban J connectivity index is 1.74. The summed E-state index contributed by atoms with van der Waals surface area (Å²) < 4.78 is 0. The Morgan fingerprint density at radius 3 is 2.16 bits per heavy atom. The maximum Gasteiger partial charge on any atom is 0.115 e. The normalized spacial score (nSPS) is 18.6. The first kappa shape index (κ1) is 17.6. The lowest BCUT2D eigenvalue weighted by Gasteiger charge is -2.30. The molecule has 2 heteroatoms. The molecule has 0 saturated heterocycles. The molecule has 2 N–H and O–H groups in total. The van der Waals surface area contributed by atoms with Gasteiger partial charge in [-0.3, -0.25) is 0 Å². The van der Waals surface area contributed by atoms with Gasteiger partial charge in [-0.1, -0.05) is 50.1 Å². The third kappa shape index (κ3) is 4.45. The minimum Gasteiger partial charge on any atom is -0.508 e. The van der Waals surface area contributed by atoms with E-state index < -0.39 is 0 Å². The molecule has 2 aromatic rings. The van der Waals surface area contributed by atoms with Crippen LogP contribution < -0.4 is 0 Å². The van der Waals surface area contributed by atoms with Crippen molar-refractivity contribution in [2.75, 3.05) is 0 Å². The SMILES string of the molecule is CCCCC(c1ccc(O)cc1)C1CC=C(c2ccc(O)cc2)CC1. The largest absolute Gasteiger partial charge is 0.508 e. The van der Waals surface area contributed by atoms with Crippen LogP contribution in [0.1, 0.15) is 62.5 Å². The molecule has 0 saturated carbocycles. The van der Waals surface area contributed by atoms with Crippen LogP contribution in [-0.2, 0) is 0 Å². The molecule has 0 radical (unpaired) electrons. The van der Waals surface area contributed by atoms with Crippen LogP contribution in [0.2, 0.25) is 0 Å². The molecule has 2 atom stereocenters. The van der Waals surface area contributed by atoms with Gasteiger partial charge in [0.2, 0.25) is 0 Å². The van der Waals surface area contributed by atoms with E-state index in [9.17, 15) is 10.2 Å². The Morgan fingerprint density at radius 2 is 1.60 bits per heavy atom. The number of phenols is 2. The molecule has 2 nitrogen and oxygen atoms in total. The van der Waals surface area contributed by atoms with Crippen molar-refractivity contribution >= 4 is 5.57 Å². The average Bonchev–Trinajstić information content (AvgIpc) is 2.65. The van der Waals surface area contributed by atoms with Crippen LogP contribution in [0.3, 0.4) is 0 Å². The van der Waals surface area contributed by atoms with Gasteiger partial charge in [-0.05, 0) is 78.5 Å². The second-order valence-corrected chi connectivity index (χ2v) is 7.15. The highest BCUT2D eigenvalue weighted by atomic mass is 16.3. The fourth-order valence-electron chi connectivity index (χ4n) is 3.98. The van der Waals surface area contributed by atoms with Crippen molar-refractivity contribution in [3.8, 4) is 11.5 Å². The maximum atomic E-state index is 9.58. The van der Waals surface area contributed by atoms with Crippen LogP contribution in [0.25, 0.3) is 5.57 Å². The minimum absolute atomic E-state index is 0.324. The Labute approximate surface area is 150 Å². The van der Waals surface area contributed by atoms with E-state index >= 15 is 0 Å². The molecular weight excluding hydrogens is 308 g/mol. The molecule has 0 heterocycles. The third-order valence-corrected chi connectivity index (χ3v) is 5.45. The van der Waals surface area contributed by atoms with Crippen LogP contribution in [-0.4, -0.2) is 10.2 Å². The zero-order chi connectivity index (χ0) is 17.6. The van der Waals surface area contributed by atoms with E-state index in [1.54, 1.807) is 12.1 Å². The molecule has 3 rings (SSSR count). The highest BCUT2D eigenvalue weighted by molar-refractivity contribution is 5.66. The van der Waals surface area contributed by atoms with Crippen molar-refractivity contribution in [2.45, 2.75) is 51.4 Å². The molecule has 0 fully saturated rings. The number of aromatic hydroxyl groups is 2. The van der Waals surface area contributed by atoms with Crippen LogP contribution in [0.15, 0.2) is 54.6 Å². The van der Waals surface area contributed by atoms with Crippen LogP contribution in [0.5, 0.6) is 11.5 Å². The maximum absolute atomic E-state index is 9.58. The first-order chi connectivity index (χ1) is 12.2. The topological polar surface area (TPSA) is 40.5 Å². The Bertz CT molecular complexity index is 698. The number of allylic oxidation sites excluding steroid dienone is 2. The first-order valence-corrected chi connectivity index (χ1v) is 9.44. The van der Waals surface area contributed by atoms with Crippen molar-refractivity contribution < 1.29 is 10.2 Å². The van der Waals surface area contributed by atoms with Crippen molar-refractivity contribution in [1.82, 2.24) is 0 Å². The third-order valence-electron chi connectivity index (χ3n) is 5.45. The summed E-state index contributed by atoms with van der Waals surface area (Å²) in [4.78, 5) is 0. The molecule has 0 amide bonds. The lowest BCUT2D eigenvalue weighted by molar-refractivity contribution is 0.367. The van der Waals surface area contributed by atoms with Crippen LogP contribution in [0, 0.1) is 5.92 Å². The number of phenolic OH excluding ortho intramolecular Hbond substituents is 2. The first-order valence-electron chi connectivity index (χ1n) is 9.44. The molecule has 0 bridgehead atoms. The smallest absolute Gasteiger partial charge is 0.115 e. The van der Waals surface area contributed by atoms with Crippen molar-refractivity contribution in [3.05, 3.63) is 65.7 Å². The Hall–Kier alpha value is -2.22. The lowest BCUT2D eigenvalue weighted by atomic mass is 9.74. The summed E-state index contributed by atoms with van der Waals surface area (Å²) in [6.45, 7) is 2.25. The molecule has 2 unspecified atom stereocenters. The highest BCUT2D eigenvalue weighted by Gasteiger charge is 2.25. The van der Waals surface area contributed by atoms with Gasteiger partial charge in [0.1, 0.15) is 11.5 Å². The van der Waals surface area contributed by atoms with E-state index in [1.807, 2.05) is 24.3 Å². The molecular formula is C23H28O2. The van der Waals surface area contributed by atoms with Crippen molar-refractivity contribution in [1.29, 1.82) is 0 Å². The number of hydrogen-bond donors (Lipinski definition) is 2. The molecule has 0 aromatic heterocycles. The van der Waals surface area contributed by atoms with E-state index in [1.165, 1.54) is 42.4 Å². The van der Waals surface area contributed by atoms with Gasteiger partial charge in [-0.2, -0.15) is 0 Å². The summed E-state index contributed by atoms with van der Waals surface area (Å²) in [5.41, 5.74) is 3.99. The minimum atomic E-state index is 0.324. The number of unbranched alkanes of at least 4 members (excludes halogenated alkanes) is 1. The van der Waals surface area contributed by atoms with Crippen molar-refractivity contribution in [3.63, 3.8) is 0 Å². The van der Waals surface area contributed by atoms with Crippen molar-refractivity contribution in [2.24, 2.45) is 5.92 Å². The summed E-state index contributed by atoms with van der Waals surface area (Å²) in [5.74, 6) is 1.90. The van der Waals surface area contributed by atoms with Gasteiger partial charge in [0.15, 0.2) is 0 Å². The van der Waals surface area contributed by atoms with Gasteiger partial charge in [0.25, 0.3) is 0 Å². The lowest BCUT2D eigenvalue weighted by Crippen LogP contribution is -2.16. The summed E-state index contributed by atoms with van der Waals surface area (Å²) in [5, 5.41) is 19.0. The second-order valence-electron chi connectivity index (χ2n) is 7.15. The molecule has 25 heavy (non-hydrogen) atoms. The Kier molecular flexibility index (Phi) is 5.80. The fraction of sp³-hybridized carbons (Fsp3) is 0.391. The average molecular weight is 336 g/mol. The molecule has 1 aliphatic rings. The fourth-order valence-corrected chi connectivity index (χ4v) is 3.98. The predicted molar refractivity (Wildman–Crippen MR) is 104 cm³/mol. The summed E-state index contributed by atoms with van der Waals surface area (Å²) in [6.07, 6.45) is 9.46. The zero-order valence-electron chi connectivity index (χ0n) is 15.0. The quantitative estimate of drug-likeness (QED) is 0.654. The standard InChI is InChI=1S/C23H28O2/c1-2-3-4-23(20-11-15-22(25)16-12-20)19-7-5-17(6-8-19)18-9-13-21(24)14-10-18/h5,9-16,19,23-25H,2-4,6-8H2,1H3. The van der Waals surface area contributed by atoms with E-state index in [0.29, 0.717) is 23.3 Å². The van der Waals surface area contributed by atoms with Crippen LogP contribution in [0.4, 0.5) is 0 Å². The van der Waals surface area contributed by atoms with Crippen LogP contribution >= 0.6 is 0 Å². The van der Waals surface area contributed by atoms with E-state index in [-0.39, 0.29) is 0 Å². The van der Waals surface area contributed by atoms with Gasteiger partial charge < -0.3 is 10.2 Å². The molecule has 0 aliphatic heterocycles. The Morgan fingerprint density at radius 1 is 0.960 bits per heavy atom. The number of rotatable bonds is 6. The summed E-state index contributed by atoms with van der Waals surface area (Å²) in [6, 6.07) is 15.4. The van der Waals surface area contributed by atoms with Gasteiger partial charge in [0, 0.05) is 0 Å². The molecule has 0 spiro atoms. The van der Waals surface area contributed by atoms with E-state index in [2.05, 4.69) is 25.1 Å². The van der Waals surface area contributed by atoms with Gasteiger partial charge in [-0.15, -0.1) is 0 Å². The van der Waals surface area contributed by atoms with Gasteiger partial charge >= 0.3 is 0 Å². The number of hydrogen-bond acceptors (Lipinski definition) is 2. The van der Waals surface area contributed by atoms with E-state index in [0.717, 1.165) is 12.8 Å². The molecule has 1 aliphatic carbocycles. The zero-order valence-corrected chi connectivity index (χ0v) is 15.0.